The molecule has 0 radical (unpaired) electrons. The van der Waals surface area contributed by atoms with E-state index in [1.165, 1.54) is 24.8 Å². The van der Waals surface area contributed by atoms with E-state index in [1.807, 2.05) is 0 Å². The van der Waals surface area contributed by atoms with Gasteiger partial charge in [0.25, 0.3) is 0 Å². The fourth-order valence-corrected chi connectivity index (χ4v) is 2.69. The molecule has 0 heteroatoms. The molecule has 0 nitrogen and oxygen atoms in total. The molecule has 2 aliphatic carbocycles. The Morgan fingerprint density at radius 1 is 1.50 bits per heavy atom. The molecule has 2 bridgehead atoms. The molecule has 12 heavy (non-hydrogen) atoms. The van der Waals surface area contributed by atoms with Gasteiger partial charge in [-0.3, -0.25) is 0 Å². The maximum absolute atomic E-state index is 2.43. The van der Waals surface area contributed by atoms with Crippen LogP contribution in [0.3, 0.4) is 0 Å². The van der Waals surface area contributed by atoms with Crippen molar-refractivity contribution in [3.63, 3.8) is 0 Å². The minimum Gasteiger partial charge on any atom is -0.0783 e. The van der Waals surface area contributed by atoms with Gasteiger partial charge >= 0.3 is 0 Å². The highest BCUT2D eigenvalue weighted by Crippen LogP contribution is 2.49. The Kier molecular flexibility index (Phi) is 1.67. The second-order valence-electron chi connectivity index (χ2n) is 4.88. The average molecular weight is 162 g/mol. The zero-order valence-electron chi connectivity index (χ0n) is 8.35. The Bertz CT molecular complexity index is 253. The molecule has 0 aliphatic heterocycles. The summed E-state index contributed by atoms with van der Waals surface area (Å²) in [5.74, 6) is 0.880. The summed E-state index contributed by atoms with van der Waals surface area (Å²) in [6, 6.07) is 0. The van der Waals surface area contributed by atoms with E-state index < -0.39 is 0 Å². The van der Waals surface area contributed by atoms with Crippen LogP contribution in [0.15, 0.2) is 23.3 Å². The van der Waals surface area contributed by atoms with Gasteiger partial charge in [0.2, 0.25) is 0 Å². The smallest absolute Gasteiger partial charge is 0.0137 e. The van der Waals surface area contributed by atoms with Crippen LogP contribution in [0.4, 0.5) is 0 Å². The summed E-state index contributed by atoms with van der Waals surface area (Å²) in [7, 11) is 0. The van der Waals surface area contributed by atoms with Gasteiger partial charge in [-0.1, -0.05) is 24.6 Å². The first-order valence-electron chi connectivity index (χ1n) is 4.97. The molecule has 2 aliphatic rings. The van der Waals surface area contributed by atoms with Gasteiger partial charge in [-0.15, -0.1) is 0 Å². The molecule has 0 aromatic rings. The highest BCUT2D eigenvalue weighted by Gasteiger charge is 2.37. The SMILES string of the molecule is CC(C)=C1C=CC2(C)CCC1C2. The summed E-state index contributed by atoms with van der Waals surface area (Å²) in [6.07, 6.45) is 8.99. The highest BCUT2D eigenvalue weighted by atomic mass is 14.4. The Morgan fingerprint density at radius 3 is 2.92 bits per heavy atom. The molecule has 66 valence electrons. The molecule has 2 atom stereocenters. The molecule has 2 rings (SSSR count). The van der Waals surface area contributed by atoms with Crippen LogP contribution < -0.4 is 0 Å². The minimum absolute atomic E-state index is 0.545. The van der Waals surface area contributed by atoms with E-state index in [-0.39, 0.29) is 0 Å². The monoisotopic (exact) mass is 162 g/mol. The van der Waals surface area contributed by atoms with E-state index in [1.54, 1.807) is 5.57 Å². The molecule has 1 saturated carbocycles. The summed E-state index contributed by atoms with van der Waals surface area (Å²) in [4.78, 5) is 0. The molecule has 0 saturated heterocycles. The molecule has 0 heterocycles. The van der Waals surface area contributed by atoms with Crippen LogP contribution >= 0.6 is 0 Å². The largest absolute Gasteiger partial charge is 0.0783 e. The van der Waals surface area contributed by atoms with Crippen molar-refractivity contribution < 1.29 is 0 Å². The molecular formula is C12H18. The minimum atomic E-state index is 0.545. The van der Waals surface area contributed by atoms with Gasteiger partial charge in [-0.25, -0.2) is 0 Å². The lowest BCUT2D eigenvalue weighted by atomic mass is 9.80. The zero-order valence-corrected chi connectivity index (χ0v) is 8.35. The predicted molar refractivity (Wildman–Crippen MR) is 53.0 cm³/mol. The molecule has 0 aromatic heterocycles. The van der Waals surface area contributed by atoms with E-state index in [4.69, 9.17) is 0 Å². The first kappa shape index (κ1) is 8.10. The van der Waals surface area contributed by atoms with Crippen molar-refractivity contribution in [3.8, 4) is 0 Å². The summed E-state index contributed by atoms with van der Waals surface area (Å²) in [5, 5.41) is 0. The third kappa shape index (κ3) is 1.14. The summed E-state index contributed by atoms with van der Waals surface area (Å²) in [5.41, 5.74) is 3.68. The van der Waals surface area contributed by atoms with Gasteiger partial charge in [0.05, 0.1) is 0 Å². The van der Waals surface area contributed by atoms with Crippen molar-refractivity contribution in [2.45, 2.75) is 40.0 Å². The molecular weight excluding hydrogens is 144 g/mol. The maximum atomic E-state index is 2.43. The van der Waals surface area contributed by atoms with Gasteiger partial charge in [-0.2, -0.15) is 0 Å². The van der Waals surface area contributed by atoms with Crippen LogP contribution in [0.25, 0.3) is 0 Å². The first-order valence-corrected chi connectivity index (χ1v) is 4.97. The average Bonchev–Trinajstić information content (AvgIpc) is 2.27. The number of hydrogen-bond donors (Lipinski definition) is 0. The highest BCUT2D eigenvalue weighted by molar-refractivity contribution is 5.33. The van der Waals surface area contributed by atoms with E-state index >= 15 is 0 Å². The Hall–Kier alpha value is -0.520. The van der Waals surface area contributed by atoms with E-state index in [0.717, 1.165) is 5.92 Å². The van der Waals surface area contributed by atoms with Gasteiger partial charge < -0.3 is 0 Å². The fourth-order valence-electron chi connectivity index (χ4n) is 2.69. The second kappa shape index (κ2) is 2.48. The Balaban J connectivity index is 2.37. The molecule has 0 amide bonds. The standard InChI is InChI=1S/C12H18/c1-9(2)11-5-7-12(3)6-4-10(11)8-12/h5,7,10H,4,6,8H2,1-3H3. The lowest BCUT2D eigenvalue weighted by Crippen LogP contribution is -2.13. The number of fused-ring (bicyclic) bond motifs is 2. The third-order valence-electron chi connectivity index (χ3n) is 3.46. The van der Waals surface area contributed by atoms with Crippen molar-refractivity contribution >= 4 is 0 Å². The number of hydrogen-bond acceptors (Lipinski definition) is 0. The van der Waals surface area contributed by atoms with Crippen molar-refractivity contribution in [1.29, 1.82) is 0 Å². The van der Waals surface area contributed by atoms with Gasteiger partial charge in [0.15, 0.2) is 0 Å². The summed E-state index contributed by atoms with van der Waals surface area (Å²) in [6.45, 7) is 6.87. The molecule has 1 fully saturated rings. The zero-order chi connectivity index (χ0) is 8.77. The van der Waals surface area contributed by atoms with Crippen LogP contribution in [0.2, 0.25) is 0 Å². The predicted octanol–water partition coefficient (Wildman–Crippen LogP) is 3.70. The van der Waals surface area contributed by atoms with E-state index in [9.17, 15) is 0 Å². The third-order valence-corrected chi connectivity index (χ3v) is 3.46. The van der Waals surface area contributed by atoms with Crippen molar-refractivity contribution in [2.24, 2.45) is 11.3 Å². The number of allylic oxidation sites excluding steroid dienone is 4. The van der Waals surface area contributed by atoms with Gasteiger partial charge in [0.1, 0.15) is 0 Å². The fraction of sp³-hybridized carbons (Fsp3) is 0.667. The van der Waals surface area contributed by atoms with E-state index in [0.29, 0.717) is 5.41 Å². The first-order chi connectivity index (χ1) is 5.61. The summed E-state index contributed by atoms with van der Waals surface area (Å²) < 4.78 is 0. The van der Waals surface area contributed by atoms with Gasteiger partial charge in [-0.05, 0) is 50.0 Å². The van der Waals surface area contributed by atoms with Crippen molar-refractivity contribution in [3.05, 3.63) is 23.3 Å². The number of rotatable bonds is 0. The lowest BCUT2D eigenvalue weighted by Gasteiger charge is -2.25. The normalized spacial score (nSPS) is 38.9. The maximum Gasteiger partial charge on any atom is -0.0137 e. The Morgan fingerprint density at radius 2 is 2.25 bits per heavy atom. The topological polar surface area (TPSA) is 0 Å². The quantitative estimate of drug-likeness (QED) is 0.509. The second-order valence-corrected chi connectivity index (χ2v) is 4.88. The van der Waals surface area contributed by atoms with Crippen LogP contribution in [-0.4, -0.2) is 0 Å². The van der Waals surface area contributed by atoms with Crippen LogP contribution in [0.1, 0.15) is 40.0 Å². The van der Waals surface area contributed by atoms with E-state index in [2.05, 4.69) is 32.9 Å². The summed E-state index contributed by atoms with van der Waals surface area (Å²) >= 11 is 0. The molecule has 0 N–H and O–H groups in total. The molecule has 0 aromatic carbocycles. The molecule has 0 spiro atoms. The van der Waals surface area contributed by atoms with Crippen molar-refractivity contribution in [1.82, 2.24) is 0 Å². The Labute approximate surface area is 75.4 Å². The lowest BCUT2D eigenvalue weighted by molar-refractivity contribution is 0.420. The van der Waals surface area contributed by atoms with Crippen LogP contribution in [0.5, 0.6) is 0 Å². The van der Waals surface area contributed by atoms with Gasteiger partial charge in [0, 0.05) is 0 Å². The van der Waals surface area contributed by atoms with Crippen LogP contribution in [0, 0.1) is 11.3 Å². The van der Waals surface area contributed by atoms with Crippen molar-refractivity contribution in [2.75, 3.05) is 0 Å². The van der Waals surface area contributed by atoms with Crippen LogP contribution in [-0.2, 0) is 0 Å². The molecule has 2 unspecified atom stereocenters.